The number of carbonyl (C=O) groups is 2. The molecule has 1 aromatic carbocycles. The van der Waals surface area contributed by atoms with Gasteiger partial charge in [-0.2, -0.15) is 0 Å². The van der Waals surface area contributed by atoms with Crippen LogP contribution < -0.4 is 0 Å². The van der Waals surface area contributed by atoms with Gasteiger partial charge in [0.1, 0.15) is 10.9 Å². The number of aryl methyl sites for hydroxylation is 2. The standard InChI is InChI=1S/C14H13NO3S2/c1-8-3-4-10(9(2)5-8)6-11-13(18)15(7-12(16)17)14(19)20-11/h3-6H,7H2,1-2H3,(H,16,17)/b11-6-. The molecule has 0 radical (unpaired) electrons. The highest BCUT2D eigenvalue weighted by atomic mass is 32.2. The van der Waals surface area contributed by atoms with E-state index in [4.69, 9.17) is 17.3 Å². The lowest BCUT2D eigenvalue weighted by Gasteiger charge is -2.10. The maximum Gasteiger partial charge on any atom is 0.323 e. The molecule has 0 bridgehead atoms. The van der Waals surface area contributed by atoms with Gasteiger partial charge in [0.15, 0.2) is 0 Å². The molecule has 104 valence electrons. The number of carboxylic acid groups (broad SMARTS) is 1. The van der Waals surface area contributed by atoms with E-state index in [1.165, 1.54) is 0 Å². The minimum Gasteiger partial charge on any atom is -0.480 e. The Bertz CT molecular complexity index is 637. The van der Waals surface area contributed by atoms with Crippen LogP contribution in [0.5, 0.6) is 0 Å². The second kappa shape index (κ2) is 5.76. The van der Waals surface area contributed by atoms with E-state index in [0.29, 0.717) is 4.91 Å². The number of hydrogen-bond donors (Lipinski definition) is 1. The molecule has 4 nitrogen and oxygen atoms in total. The van der Waals surface area contributed by atoms with E-state index < -0.39 is 12.5 Å². The number of hydrogen-bond acceptors (Lipinski definition) is 4. The first-order valence-corrected chi connectivity index (χ1v) is 7.15. The number of amides is 1. The fraction of sp³-hybridized carbons (Fsp3) is 0.214. The Morgan fingerprint density at radius 3 is 2.75 bits per heavy atom. The third-order valence-electron chi connectivity index (χ3n) is 2.88. The Kier molecular flexibility index (Phi) is 4.25. The van der Waals surface area contributed by atoms with Gasteiger partial charge in [-0.3, -0.25) is 14.5 Å². The van der Waals surface area contributed by atoms with Gasteiger partial charge >= 0.3 is 5.97 Å². The summed E-state index contributed by atoms with van der Waals surface area (Å²) in [6, 6.07) is 5.94. The average Bonchev–Trinajstić information content (AvgIpc) is 2.60. The molecule has 0 atom stereocenters. The van der Waals surface area contributed by atoms with Crippen molar-refractivity contribution in [2.24, 2.45) is 0 Å². The molecule has 0 unspecified atom stereocenters. The first-order chi connectivity index (χ1) is 9.38. The Morgan fingerprint density at radius 2 is 2.15 bits per heavy atom. The van der Waals surface area contributed by atoms with Gasteiger partial charge in [0.25, 0.3) is 5.91 Å². The first-order valence-electron chi connectivity index (χ1n) is 5.93. The van der Waals surface area contributed by atoms with Crippen molar-refractivity contribution in [2.45, 2.75) is 13.8 Å². The van der Waals surface area contributed by atoms with E-state index in [1.807, 2.05) is 32.0 Å². The van der Waals surface area contributed by atoms with Crippen LogP contribution in [0.4, 0.5) is 0 Å². The number of aliphatic carboxylic acids is 1. The predicted molar refractivity (Wildman–Crippen MR) is 83.4 cm³/mol. The third kappa shape index (κ3) is 3.08. The van der Waals surface area contributed by atoms with Crippen molar-refractivity contribution in [1.82, 2.24) is 4.90 Å². The van der Waals surface area contributed by atoms with Crippen LogP contribution in [-0.2, 0) is 9.59 Å². The average molecular weight is 307 g/mol. The van der Waals surface area contributed by atoms with Gasteiger partial charge in [-0.25, -0.2) is 0 Å². The molecule has 6 heteroatoms. The van der Waals surface area contributed by atoms with Gasteiger partial charge in [-0.05, 0) is 31.1 Å². The lowest BCUT2D eigenvalue weighted by atomic mass is 10.1. The molecule has 1 aromatic rings. The summed E-state index contributed by atoms with van der Waals surface area (Å²) in [5, 5.41) is 8.78. The van der Waals surface area contributed by atoms with Crippen molar-refractivity contribution >= 4 is 46.3 Å². The van der Waals surface area contributed by atoms with Crippen molar-refractivity contribution in [3.63, 3.8) is 0 Å². The number of benzene rings is 1. The Labute approximate surface area is 126 Å². The topological polar surface area (TPSA) is 57.6 Å². The summed E-state index contributed by atoms with van der Waals surface area (Å²) in [6.45, 7) is 3.58. The maximum atomic E-state index is 12.1. The Morgan fingerprint density at radius 1 is 1.45 bits per heavy atom. The summed E-state index contributed by atoms with van der Waals surface area (Å²) >= 11 is 6.18. The number of carboxylic acids is 1. The van der Waals surface area contributed by atoms with Crippen LogP contribution in [0, 0.1) is 13.8 Å². The van der Waals surface area contributed by atoms with E-state index in [0.717, 1.165) is 33.4 Å². The summed E-state index contributed by atoms with van der Waals surface area (Å²) in [6.07, 6.45) is 1.76. The van der Waals surface area contributed by atoms with Gasteiger partial charge in [0.05, 0.1) is 4.91 Å². The van der Waals surface area contributed by atoms with Crippen LogP contribution in [0.1, 0.15) is 16.7 Å². The molecule has 0 aliphatic carbocycles. The van der Waals surface area contributed by atoms with Crippen molar-refractivity contribution in [2.75, 3.05) is 6.54 Å². The zero-order valence-corrected chi connectivity index (χ0v) is 12.7. The smallest absolute Gasteiger partial charge is 0.323 e. The molecular formula is C14H13NO3S2. The maximum absolute atomic E-state index is 12.1. The van der Waals surface area contributed by atoms with Gasteiger partial charge in [0.2, 0.25) is 0 Å². The number of thiocarbonyl (C=S) groups is 1. The summed E-state index contributed by atoms with van der Waals surface area (Å²) in [4.78, 5) is 24.4. The highest BCUT2D eigenvalue weighted by Crippen LogP contribution is 2.32. The molecule has 0 spiro atoms. The summed E-state index contributed by atoms with van der Waals surface area (Å²) in [5.74, 6) is -1.42. The first kappa shape index (κ1) is 14.7. The van der Waals surface area contributed by atoms with Crippen LogP contribution in [0.3, 0.4) is 0 Å². The van der Waals surface area contributed by atoms with Gasteiger partial charge in [-0.1, -0.05) is 47.7 Å². The largest absolute Gasteiger partial charge is 0.480 e. The zero-order valence-electron chi connectivity index (χ0n) is 11.0. The fourth-order valence-electron chi connectivity index (χ4n) is 1.90. The third-order valence-corrected chi connectivity index (χ3v) is 4.26. The quantitative estimate of drug-likeness (QED) is 0.687. The van der Waals surface area contributed by atoms with Crippen molar-refractivity contribution in [3.05, 3.63) is 39.8 Å². The Hall–Kier alpha value is -1.66. The number of thioether (sulfide) groups is 1. The molecule has 1 aliphatic heterocycles. The van der Waals surface area contributed by atoms with E-state index >= 15 is 0 Å². The molecular weight excluding hydrogens is 294 g/mol. The fourth-order valence-corrected chi connectivity index (χ4v) is 3.15. The molecule has 1 N–H and O–H groups in total. The van der Waals surface area contributed by atoms with Gasteiger partial charge < -0.3 is 5.11 Å². The Balaban J connectivity index is 2.30. The molecule has 1 fully saturated rings. The number of carbonyl (C=O) groups excluding carboxylic acids is 1. The molecule has 2 rings (SSSR count). The van der Waals surface area contributed by atoms with E-state index in [2.05, 4.69) is 0 Å². The summed E-state index contributed by atoms with van der Waals surface area (Å²) < 4.78 is 0.286. The lowest BCUT2D eigenvalue weighted by Crippen LogP contribution is -2.33. The van der Waals surface area contributed by atoms with Crippen LogP contribution in [0.15, 0.2) is 23.1 Å². The monoisotopic (exact) mass is 307 g/mol. The van der Waals surface area contributed by atoms with Crippen LogP contribution >= 0.6 is 24.0 Å². The van der Waals surface area contributed by atoms with Crippen molar-refractivity contribution < 1.29 is 14.7 Å². The second-order valence-corrected chi connectivity index (χ2v) is 6.20. The molecule has 1 heterocycles. The summed E-state index contributed by atoms with van der Waals surface area (Å²) in [5.41, 5.74) is 3.15. The molecule has 0 saturated carbocycles. The molecule has 1 saturated heterocycles. The molecule has 0 aromatic heterocycles. The van der Waals surface area contributed by atoms with E-state index in [9.17, 15) is 9.59 Å². The second-order valence-electron chi connectivity index (χ2n) is 4.52. The molecule has 1 amide bonds. The van der Waals surface area contributed by atoms with Crippen LogP contribution in [-0.4, -0.2) is 32.7 Å². The van der Waals surface area contributed by atoms with Crippen LogP contribution in [0.2, 0.25) is 0 Å². The highest BCUT2D eigenvalue weighted by Gasteiger charge is 2.33. The highest BCUT2D eigenvalue weighted by molar-refractivity contribution is 8.26. The predicted octanol–water partition coefficient (Wildman–Crippen LogP) is 2.59. The molecule has 1 aliphatic rings. The lowest BCUT2D eigenvalue weighted by molar-refractivity contribution is -0.140. The van der Waals surface area contributed by atoms with Crippen molar-refractivity contribution in [3.8, 4) is 0 Å². The number of nitrogens with zero attached hydrogens (tertiary/aromatic N) is 1. The van der Waals surface area contributed by atoms with Gasteiger partial charge in [-0.15, -0.1) is 0 Å². The minimum absolute atomic E-state index is 0.286. The zero-order chi connectivity index (χ0) is 14.9. The van der Waals surface area contributed by atoms with Gasteiger partial charge in [0, 0.05) is 0 Å². The molecule has 20 heavy (non-hydrogen) atoms. The normalized spacial score (nSPS) is 17.1. The van der Waals surface area contributed by atoms with Crippen molar-refractivity contribution in [1.29, 1.82) is 0 Å². The van der Waals surface area contributed by atoms with E-state index in [1.54, 1.807) is 6.08 Å². The van der Waals surface area contributed by atoms with Crippen LogP contribution in [0.25, 0.3) is 6.08 Å². The minimum atomic E-state index is -1.07. The SMILES string of the molecule is Cc1ccc(/C=C2\SC(=S)N(CC(=O)O)C2=O)c(C)c1. The number of rotatable bonds is 3. The van der Waals surface area contributed by atoms with E-state index in [-0.39, 0.29) is 10.2 Å². The summed E-state index contributed by atoms with van der Waals surface area (Å²) in [7, 11) is 0.